The Kier molecular flexibility index (Phi) is 1.45. The van der Waals surface area contributed by atoms with E-state index in [0.717, 1.165) is 0 Å². The van der Waals surface area contributed by atoms with Crippen molar-refractivity contribution in [3.8, 4) is 0 Å². The molecule has 1 fully saturated rings. The van der Waals surface area contributed by atoms with E-state index in [1.54, 1.807) is 0 Å². The van der Waals surface area contributed by atoms with Crippen molar-refractivity contribution in [2.24, 2.45) is 0 Å². The lowest BCUT2D eigenvalue weighted by Crippen LogP contribution is -2.23. The van der Waals surface area contributed by atoms with Gasteiger partial charge in [-0.2, -0.15) is 0 Å². The summed E-state index contributed by atoms with van der Waals surface area (Å²) in [5, 5.41) is 8.48. The second kappa shape index (κ2) is 1.99. The zero-order valence-electron chi connectivity index (χ0n) is 5.09. The molecule has 3 heteroatoms. The third-order valence-corrected chi connectivity index (χ3v) is 1.46. The predicted molar refractivity (Wildman–Crippen MR) is 30.9 cm³/mol. The molecular weight excluding hydrogens is 120 g/mol. The van der Waals surface area contributed by atoms with Crippen molar-refractivity contribution >= 4 is 5.97 Å². The smallest absolute Gasteiger partial charge is 0.338 e. The fraction of sp³-hybridized carbons (Fsp3) is 0.667. The Hall–Kier alpha value is -0.570. The number of rotatable bonds is 3. The van der Waals surface area contributed by atoms with Crippen molar-refractivity contribution in [3.05, 3.63) is 6.92 Å². The number of hydrogen-bond donors (Lipinski definition) is 1. The molecular formula is C6H9O3. The fourth-order valence-corrected chi connectivity index (χ4v) is 0.747. The molecule has 0 aromatic rings. The molecule has 0 aromatic carbocycles. The Balaban J connectivity index is 2.43. The molecule has 0 aliphatic carbocycles. The molecule has 1 aliphatic heterocycles. The van der Waals surface area contributed by atoms with E-state index in [2.05, 4.69) is 6.92 Å². The first kappa shape index (κ1) is 6.55. The van der Waals surface area contributed by atoms with Crippen LogP contribution in [0.25, 0.3) is 0 Å². The summed E-state index contributed by atoms with van der Waals surface area (Å²) in [4.78, 5) is 10.3. The minimum atomic E-state index is -0.855. The summed E-state index contributed by atoms with van der Waals surface area (Å²) in [5.41, 5.74) is -0.845. The van der Waals surface area contributed by atoms with E-state index in [4.69, 9.17) is 9.84 Å². The van der Waals surface area contributed by atoms with Crippen LogP contribution >= 0.6 is 0 Å². The Morgan fingerprint density at radius 2 is 2.44 bits per heavy atom. The standard InChI is InChI=1S/C6H9O3/c1-2-3-6(4-9-6)5(7)8/h1-4H2,(H,7,8). The maximum absolute atomic E-state index is 10.3. The zero-order valence-corrected chi connectivity index (χ0v) is 5.09. The second-order valence-corrected chi connectivity index (χ2v) is 2.19. The van der Waals surface area contributed by atoms with Gasteiger partial charge in [0.05, 0.1) is 6.61 Å². The van der Waals surface area contributed by atoms with E-state index in [1.807, 2.05) is 0 Å². The van der Waals surface area contributed by atoms with E-state index in [9.17, 15) is 4.79 Å². The topological polar surface area (TPSA) is 49.8 Å². The molecule has 1 atom stereocenters. The average molecular weight is 129 g/mol. The van der Waals surface area contributed by atoms with Gasteiger partial charge in [0.15, 0.2) is 5.60 Å². The normalized spacial score (nSPS) is 32.1. The molecule has 1 rings (SSSR count). The molecule has 1 saturated heterocycles. The highest BCUT2D eigenvalue weighted by molar-refractivity contribution is 5.80. The third kappa shape index (κ3) is 1.05. The summed E-state index contributed by atoms with van der Waals surface area (Å²) in [6, 6.07) is 0. The molecule has 1 heterocycles. The summed E-state index contributed by atoms with van der Waals surface area (Å²) in [6.07, 6.45) is 1.15. The van der Waals surface area contributed by atoms with Crippen LogP contribution in [0.15, 0.2) is 0 Å². The van der Waals surface area contributed by atoms with Gasteiger partial charge in [-0.25, -0.2) is 4.79 Å². The van der Waals surface area contributed by atoms with Crippen molar-refractivity contribution in [1.82, 2.24) is 0 Å². The Labute approximate surface area is 53.6 Å². The van der Waals surface area contributed by atoms with Crippen LogP contribution < -0.4 is 0 Å². The van der Waals surface area contributed by atoms with Crippen molar-refractivity contribution in [2.75, 3.05) is 6.61 Å². The fourth-order valence-electron chi connectivity index (χ4n) is 0.747. The van der Waals surface area contributed by atoms with Gasteiger partial charge in [0, 0.05) is 0 Å². The quantitative estimate of drug-likeness (QED) is 0.563. The van der Waals surface area contributed by atoms with Gasteiger partial charge < -0.3 is 9.84 Å². The van der Waals surface area contributed by atoms with Crippen LogP contribution in [0.2, 0.25) is 0 Å². The molecule has 0 saturated carbocycles. The van der Waals surface area contributed by atoms with Crippen LogP contribution in [0.1, 0.15) is 12.8 Å². The van der Waals surface area contributed by atoms with Crippen LogP contribution in [-0.4, -0.2) is 23.3 Å². The molecule has 51 valence electrons. The monoisotopic (exact) mass is 129 g/mol. The average Bonchev–Trinajstić information content (AvgIpc) is 2.49. The molecule has 3 nitrogen and oxygen atoms in total. The second-order valence-electron chi connectivity index (χ2n) is 2.19. The first-order valence-electron chi connectivity index (χ1n) is 2.88. The summed E-state index contributed by atoms with van der Waals surface area (Å²) in [5.74, 6) is -0.855. The van der Waals surface area contributed by atoms with E-state index in [0.29, 0.717) is 19.4 Å². The molecule has 1 N–H and O–H groups in total. The molecule has 9 heavy (non-hydrogen) atoms. The van der Waals surface area contributed by atoms with Gasteiger partial charge in [-0.15, -0.1) is 0 Å². The highest BCUT2D eigenvalue weighted by Gasteiger charge is 2.51. The number of epoxide rings is 1. The molecule has 1 unspecified atom stereocenters. The number of carboxylic acid groups (broad SMARTS) is 1. The molecule has 0 bridgehead atoms. The Morgan fingerprint density at radius 3 is 2.56 bits per heavy atom. The first-order chi connectivity index (χ1) is 4.21. The van der Waals surface area contributed by atoms with Crippen LogP contribution in [0.4, 0.5) is 0 Å². The summed E-state index contributed by atoms with van der Waals surface area (Å²) >= 11 is 0. The summed E-state index contributed by atoms with van der Waals surface area (Å²) < 4.78 is 4.76. The zero-order chi connectivity index (χ0) is 6.91. The van der Waals surface area contributed by atoms with E-state index >= 15 is 0 Å². The molecule has 1 aliphatic rings. The van der Waals surface area contributed by atoms with Crippen molar-refractivity contribution < 1.29 is 14.6 Å². The predicted octanol–water partition coefficient (Wildman–Crippen LogP) is 0.454. The van der Waals surface area contributed by atoms with Crippen LogP contribution in [-0.2, 0) is 9.53 Å². The largest absolute Gasteiger partial charge is 0.479 e. The highest BCUT2D eigenvalue weighted by atomic mass is 16.6. The van der Waals surface area contributed by atoms with E-state index in [1.165, 1.54) is 0 Å². The van der Waals surface area contributed by atoms with Gasteiger partial charge in [0.2, 0.25) is 0 Å². The Morgan fingerprint density at radius 1 is 1.89 bits per heavy atom. The van der Waals surface area contributed by atoms with Gasteiger partial charge in [0.25, 0.3) is 0 Å². The van der Waals surface area contributed by atoms with Gasteiger partial charge >= 0.3 is 5.97 Å². The summed E-state index contributed by atoms with van der Waals surface area (Å²) in [7, 11) is 0. The molecule has 0 spiro atoms. The number of aliphatic carboxylic acids is 1. The van der Waals surface area contributed by atoms with Gasteiger partial charge in [-0.3, -0.25) is 0 Å². The van der Waals surface area contributed by atoms with Gasteiger partial charge in [-0.1, -0.05) is 6.92 Å². The minimum absolute atomic E-state index is 0.359. The van der Waals surface area contributed by atoms with Gasteiger partial charge in [0.1, 0.15) is 0 Å². The van der Waals surface area contributed by atoms with E-state index in [-0.39, 0.29) is 0 Å². The van der Waals surface area contributed by atoms with Crippen LogP contribution in [0.5, 0.6) is 0 Å². The van der Waals surface area contributed by atoms with Gasteiger partial charge in [-0.05, 0) is 12.8 Å². The van der Waals surface area contributed by atoms with Crippen molar-refractivity contribution in [1.29, 1.82) is 0 Å². The lowest BCUT2D eigenvalue weighted by molar-refractivity contribution is -0.143. The number of ether oxygens (including phenoxy) is 1. The summed E-state index contributed by atoms with van der Waals surface area (Å²) in [6.45, 7) is 3.91. The molecule has 0 amide bonds. The molecule has 0 aromatic heterocycles. The maximum Gasteiger partial charge on any atom is 0.338 e. The minimum Gasteiger partial charge on any atom is -0.479 e. The van der Waals surface area contributed by atoms with Crippen molar-refractivity contribution in [3.63, 3.8) is 0 Å². The highest BCUT2D eigenvalue weighted by Crippen LogP contribution is 2.31. The number of carbonyl (C=O) groups is 1. The lowest BCUT2D eigenvalue weighted by Gasteiger charge is -2.00. The lowest BCUT2D eigenvalue weighted by atomic mass is 10.1. The van der Waals surface area contributed by atoms with Crippen LogP contribution in [0.3, 0.4) is 0 Å². The van der Waals surface area contributed by atoms with E-state index < -0.39 is 11.6 Å². The Bertz CT molecular complexity index is 126. The van der Waals surface area contributed by atoms with Crippen LogP contribution in [0, 0.1) is 6.92 Å². The maximum atomic E-state index is 10.3. The SMILES string of the molecule is [CH2]CCC1(C(=O)O)CO1. The number of carboxylic acids is 1. The first-order valence-corrected chi connectivity index (χ1v) is 2.88. The third-order valence-electron chi connectivity index (χ3n) is 1.46. The molecule has 1 radical (unpaired) electrons. The van der Waals surface area contributed by atoms with Crippen molar-refractivity contribution in [2.45, 2.75) is 18.4 Å². The number of hydrogen-bond acceptors (Lipinski definition) is 2.